The van der Waals surface area contributed by atoms with E-state index in [4.69, 9.17) is 26.8 Å². The van der Waals surface area contributed by atoms with Gasteiger partial charge in [-0.2, -0.15) is 0 Å². The van der Waals surface area contributed by atoms with Gasteiger partial charge < -0.3 is 20.5 Å². The van der Waals surface area contributed by atoms with Crippen molar-refractivity contribution in [3.63, 3.8) is 0 Å². The van der Waals surface area contributed by atoms with Crippen LogP contribution in [0.2, 0.25) is 5.02 Å². The van der Waals surface area contributed by atoms with E-state index < -0.39 is 18.2 Å². The third-order valence-corrected chi connectivity index (χ3v) is 3.77. The summed E-state index contributed by atoms with van der Waals surface area (Å²) in [6.07, 6.45) is -0.191. The van der Waals surface area contributed by atoms with Gasteiger partial charge in [0.1, 0.15) is 6.04 Å². The SMILES string of the molecule is COC(CC(Nc1ccc(Cl)c(Br)c1)C(N)=O)OC. The highest BCUT2D eigenvalue weighted by Gasteiger charge is 2.20. The van der Waals surface area contributed by atoms with Crippen LogP contribution in [0.3, 0.4) is 0 Å². The molecule has 7 heteroatoms. The average Bonchev–Trinajstić information content (AvgIpc) is 2.38. The molecule has 0 bridgehead atoms. The first-order valence-electron chi connectivity index (χ1n) is 5.54. The highest BCUT2D eigenvalue weighted by molar-refractivity contribution is 9.10. The molecule has 0 saturated heterocycles. The van der Waals surface area contributed by atoms with Crippen LogP contribution in [-0.4, -0.2) is 32.5 Å². The summed E-state index contributed by atoms with van der Waals surface area (Å²) in [7, 11) is 3.01. The monoisotopic (exact) mass is 350 g/mol. The van der Waals surface area contributed by atoms with Gasteiger partial charge >= 0.3 is 0 Å². The van der Waals surface area contributed by atoms with E-state index in [-0.39, 0.29) is 0 Å². The summed E-state index contributed by atoms with van der Waals surface area (Å²) < 4.78 is 10.9. The largest absolute Gasteiger partial charge is 0.374 e. The molecule has 1 unspecified atom stereocenters. The second-order valence-electron chi connectivity index (χ2n) is 3.86. The number of carbonyl (C=O) groups excluding carboxylic acids is 1. The van der Waals surface area contributed by atoms with E-state index in [2.05, 4.69) is 21.2 Å². The molecular formula is C12H16BrClN2O3. The molecule has 0 heterocycles. The Morgan fingerprint density at radius 1 is 1.47 bits per heavy atom. The lowest BCUT2D eigenvalue weighted by Gasteiger charge is -2.21. The van der Waals surface area contributed by atoms with E-state index in [1.807, 2.05) is 0 Å². The highest BCUT2D eigenvalue weighted by atomic mass is 79.9. The second kappa shape index (κ2) is 7.69. The molecule has 106 valence electrons. The zero-order valence-electron chi connectivity index (χ0n) is 10.7. The van der Waals surface area contributed by atoms with E-state index in [1.165, 1.54) is 14.2 Å². The first kappa shape index (κ1) is 16.2. The minimum atomic E-state index is -0.599. The smallest absolute Gasteiger partial charge is 0.240 e. The normalized spacial score (nSPS) is 12.5. The Morgan fingerprint density at radius 2 is 2.11 bits per heavy atom. The molecule has 0 aliphatic rings. The fraction of sp³-hybridized carbons (Fsp3) is 0.417. The maximum atomic E-state index is 11.4. The summed E-state index contributed by atoms with van der Waals surface area (Å²) in [6, 6.07) is 4.65. The Bertz CT molecular complexity index is 441. The van der Waals surface area contributed by atoms with E-state index in [1.54, 1.807) is 18.2 Å². The van der Waals surface area contributed by atoms with E-state index >= 15 is 0 Å². The lowest BCUT2D eigenvalue weighted by Crippen LogP contribution is -2.39. The van der Waals surface area contributed by atoms with Gasteiger partial charge in [-0.3, -0.25) is 4.79 Å². The standard InChI is InChI=1S/C12H16BrClN2O3/c1-18-11(19-2)6-10(12(15)17)16-7-3-4-9(14)8(13)5-7/h3-5,10-11,16H,6H2,1-2H3,(H2,15,17). The van der Waals surface area contributed by atoms with E-state index in [0.29, 0.717) is 11.4 Å². The Morgan fingerprint density at radius 3 is 2.58 bits per heavy atom. The quantitative estimate of drug-likeness (QED) is 0.740. The van der Waals surface area contributed by atoms with Crippen molar-refractivity contribution in [3.8, 4) is 0 Å². The Balaban J connectivity index is 2.77. The second-order valence-corrected chi connectivity index (χ2v) is 5.13. The molecule has 0 saturated carbocycles. The van der Waals surface area contributed by atoms with Crippen LogP contribution in [0.1, 0.15) is 6.42 Å². The molecule has 1 amide bonds. The molecule has 0 aromatic heterocycles. The summed E-state index contributed by atoms with van der Waals surface area (Å²) in [4.78, 5) is 11.4. The predicted molar refractivity (Wildman–Crippen MR) is 78.2 cm³/mol. The fourth-order valence-electron chi connectivity index (χ4n) is 1.51. The van der Waals surface area contributed by atoms with Gasteiger partial charge in [-0.05, 0) is 34.1 Å². The lowest BCUT2D eigenvalue weighted by molar-refractivity contribution is -0.127. The number of anilines is 1. The van der Waals surface area contributed by atoms with Crippen molar-refractivity contribution >= 4 is 39.1 Å². The third-order valence-electron chi connectivity index (χ3n) is 2.56. The van der Waals surface area contributed by atoms with Crippen molar-refractivity contribution < 1.29 is 14.3 Å². The molecular weight excluding hydrogens is 336 g/mol. The molecule has 3 N–H and O–H groups in total. The molecule has 0 spiro atoms. The number of methoxy groups -OCH3 is 2. The van der Waals surface area contributed by atoms with Crippen LogP contribution in [0.4, 0.5) is 5.69 Å². The maximum absolute atomic E-state index is 11.4. The Labute approximate surface area is 125 Å². The molecule has 1 rings (SSSR count). The van der Waals surface area contributed by atoms with Crippen molar-refractivity contribution in [2.24, 2.45) is 5.73 Å². The van der Waals surface area contributed by atoms with Crippen molar-refractivity contribution in [2.75, 3.05) is 19.5 Å². The number of ether oxygens (including phenoxy) is 2. The summed E-state index contributed by atoms with van der Waals surface area (Å²) in [6.45, 7) is 0. The number of amides is 1. The number of hydrogen-bond donors (Lipinski definition) is 2. The maximum Gasteiger partial charge on any atom is 0.240 e. The average molecular weight is 352 g/mol. The van der Waals surface area contributed by atoms with Crippen molar-refractivity contribution in [3.05, 3.63) is 27.7 Å². The summed E-state index contributed by atoms with van der Waals surface area (Å²) >= 11 is 9.22. The van der Waals surface area contributed by atoms with Crippen LogP contribution in [0.25, 0.3) is 0 Å². The third kappa shape index (κ3) is 4.99. The number of halogens is 2. The topological polar surface area (TPSA) is 73.6 Å². The summed E-state index contributed by atoms with van der Waals surface area (Å²) in [5.74, 6) is -0.481. The molecule has 1 atom stereocenters. The molecule has 0 fully saturated rings. The first-order valence-corrected chi connectivity index (χ1v) is 6.71. The minimum Gasteiger partial charge on any atom is -0.374 e. The number of carbonyl (C=O) groups is 1. The number of hydrogen-bond acceptors (Lipinski definition) is 4. The van der Waals surface area contributed by atoms with Gasteiger partial charge in [-0.15, -0.1) is 0 Å². The Kier molecular flexibility index (Phi) is 6.57. The number of nitrogens with one attached hydrogen (secondary N) is 1. The number of nitrogens with two attached hydrogens (primary N) is 1. The molecule has 1 aromatic rings. The van der Waals surface area contributed by atoms with Crippen LogP contribution < -0.4 is 11.1 Å². The molecule has 0 radical (unpaired) electrons. The van der Waals surface area contributed by atoms with Gasteiger partial charge in [-0.1, -0.05) is 11.6 Å². The van der Waals surface area contributed by atoms with Crippen molar-refractivity contribution in [1.82, 2.24) is 0 Å². The predicted octanol–water partition coefficient (Wildman–Crippen LogP) is 2.38. The van der Waals surface area contributed by atoms with Gasteiger partial charge in [0, 0.05) is 30.8 Å². The number of rotatable bonds is 7. The number of benzene rings is 1. The fourth-order valence-corrected chi connectivity index (χ4v) is 2.01. The Hall–Kier alpha value is -0.820. The molecule has 0 aliphatic heterocycles. The van der Waals surface area contributed by atoms with E-state index in [9.17, 15) is 4.79 Å². The minimum absolute atomic E-state index is 0.308. The molecule has 19 heavy (non-hydrogen) atoms. The van der Waals surface area contributed by atoms with Crippen molar-refractivity contribution in [1.29, 1.82) is 0 Å². The van der Waals surface area contributed by atoms with Crippen LogP contribution in [-0.2, 0) is 14.3 Å². The van der Waals surface area contributed by atoms with Gasteiger partial charge in [0.15, 0.2) is 6.29 Å². The summed E-state index contributed by atoms with van der Waals surface area (Å²) in [5, 5.41) is 3.61. The van der Waals surface area contributed by atoms with Crippen LogP contribution in [0, 0.1) is 0 Å². The first-order chi connectivity index (χ1) is 8.97. The van der Waals surface area contributed by atoms with Crippen LogP contribution >= 0.6 is 27.5 Å². The molecule has 5 nitrogen and oxygen atoms in total. The zero-order valence-corrected chi connectivity index (χ0v) is 13.0. The zero-order chi connectivity index (χ0) is 14.4. The highest BCUT2D eigenvalue weighted by Crippen LogP contribution is 2.26. The van der Waals surface area contributed by atoms with Crippen molar-refractivity contribution in [2.45, 2.75) is 18.8 Å². The van der Waals surface area contributed by atoms with Gasteiger partial charge in [0.25, 0.3) is 0 Å². The van der Waals surface area contributed by atoms with E-state index in [0.717, 1.165) is 10.2 Å². The molecule has 0 aliphatic carbocycles. The van der Waals surface area contributed by atoms with Crippen LogP contribution in [0.15, 0.2) is 22.7 Å². The number of primary amides is 1. The van der Waals surface area contributed by atoms with Gasteiger partial charge in [0.2, 0.25) is 5.91 Å². The molecule has 1 aromatic carbocycles. The lowest BCUT2D eigenvalue weighted by atomic mass is 10.1. The van der Waals surface area contributed by atoms with Gasteiger partial charge in [0.05, 0.1) is 5.02 Å². The van der Waals surface area contributed by atoms with Gasteiger partial charge in [-0.25, -0.2) is 0 Å². The van der Waals surface area contributed by atoms with Crippen LogP contribution in [0.5, 0.6) is 0 Å². The summed E-state index contributed by atoms with van der Waals surface area (Å²) in [5.41, 5.74) is 6.09.